The lowest BCUT2D eigenvalue weighted by Crippen LogP contribution is -2.20. The zero-order chi connectivity index (χ0) is 23.8. The summed E-state index contributed by atoms with van der Waals surface area (Å²) in [7, 11) is 0. The molecule has 1 aromatic heterocycles. The van der Waals surface area contributed by atoms with E-state index in [1.807, 2.05) is 16.7 Å². The molecule has 0 atom stereocenters. The van der Waals surface area contributed by atoms with Crippen LogP contribution in [-0.2, 0) is 17.9 Å². The topological polar surface area (TPSA) is 104 Å². The first kappa shape index (κ1) is 25.1. The molecule has 0 radical (unpaired) electrons. The molecule has 0 aliphatic carbocycles. The number of nitrogens with zero attached hydrogens (tertiary/aromatic N) is 4. The summed E-state index contributed by atoms with van der Waals surface area (Å²) < 4.78 is 2.31. The number of thioether (sulfide) groups is 1. The van der Waals surface area contributed by atoms with Crippen molar-refractivity contribution in [2.75, 3.05) is 11.1 Å². The van der Waals surface area contributed by atoms with E-state index in [1.165, 1.54) is 24.0 Å². The van der Waals surface area contributed by atoms with Crippen molar-refractivity contribution >= 4 is 68.7 Å². The van der Waals surface area contributed by atoms with E-state index in [0.717, 1.165) is 5.69 Å². The summed E-state index contributed by atoms with van der Waals surface area (Å²) in [6, 6.07) is 10.4. The van der Waals surface area contributed by atoms with E-state index in [4.69, 9.17) is 23.2 Å². The molecule has 1 heterocycles. The van der Waals surface area contributed by atoms with Gasteiger partial charge in [0, 0.05) is 27.8 Å². The van der Waals surface area contributed by atoms with Crippen molar-refractivity contribution in [1.82, 2.24) is 20.2 Å². The highest BCUT2D eigenvalue weighted by Gasteiger charge is 2.13. The molecule has 3 rings (SSSR count). The van der Waals surface area contributed by atoms with E-state index in [-0.39, 0.29) is 17.4 Å². The van der Waals surface area contributed by atoms with Gasteiger partial charge >= 0.3 is 0 Å². The highest BCUT2D eigenvalue weighted by Crippen LogP contribution is 2.30. The number of phenols is 1. The number of carbonyl (C=O) groups is 1. The summed E-state index contributed by atoms with van der Waals surface area (Å²) in [5, 5.41) is 27.2. The van der Waals surface area contributed by atoms with Crippen LogP contribution in [0.3, 0.4) is 0 Å². The number of rotatable bonds is 10. The van der Waals surface area contributed by atoms with Crippen molar-refractivity contribution in [3.05, 3.63) is 75.0 Å². The third-order valence-corrected chi connectivity index (χ3v) is 6.22. The Labute approximate surface area is 213 Å². The molecule has 3 aromatic rings. The number of carbonyl (C=O) groups excluding carboxylic acids is 1. The van der Waals surface area contributed by atoms with Crippen molar-refractivity contribution in [1.29, 1.82) is 0 Å². The van der Waals surface area contributed by atoms with Gasteiger partial charge in [-0.2, -0.15) is 5.10 Å². The van der Waals surface area contributed by atoms with Gasteiger partial charge in [0.25, 0.3) is 5.91 Å². The maximum absolute atomic E-state index is 12.2. The Morgan fingerprint density at radius 3 is 2.73 bits per heavy atom. The highest BCUT2D eigenvalue weighted by molar-refractivity contribution is 9.10. The third kappa shape index (κ3) is 7.23. The molecule has 0 saturated heterocycles. The van der Waals surface area contributed by atoms with Gasteiger partial charge in [0.05, 0.1) is 23.0 Å². The average Bonchev–Trinajstić information content (AvgIpc) is 3.17. The summed E-state index contributed by atoms with van der Waals surface area (Å²) in [6.07, 6.45) is 3.05. The second kappa shape index (κ2) is 12.1. The molecule has 0 aliphatic heterocycles. The van der Waals surface area contributed by atoms with Gasteiger partial charge in [-0.15, -0.1) is 16.8 Å². The van der Waals surface area contributed by atoms with Crippen molar-refractivity contribution in [3.63, 3.8) is 0 Å². The number of phenolic OH excluding ortho intramolecular Hbond substituents is 1. The van der Waals surface area contributed by atoms with Crippen LogP contribution in [0, 0.1) is 0 Å². The minimum atomic E-state index is -0.342. The number of anilines is 1. The zero-order valence-electron chi connectivity index (χ0n) is 17.1. The number of amides is 1. The smallest absolute Gasteiger partial charge is 0.250 e. The van der Waals surface area contributed by atoms with E-state index in [9.17, 15) is 9.90 Å². The molecule has 0 bridgehead atoms. The SMILES string of the molecule is C=CCn1c(CNc2ccc(Cl)cc2)nnc1SCC(=O)N/N=C/c1cc(Cl)cc(Br)c1O. The summed E-state index contributed by atoms with van der Waals surface area (Å²) in [4.78, 5) is 12.2. The van der Waals surface area contributed by atoms with Gasteiger partial charge in [-0.25, -0.2) is 5.43 Å². The summed E-state index contributed by atoms with van der Waals surface area (Å²) >= 11 is 16.3. The third-order valence-electron chi connectivity index (χ3n) is 4.18. The molecule has 0 spiro atoms. The molecule has 1 amide bonds. The standard InChI is InChI=1S/C21H19BrCl2N6O2S/c1-2-7-30-18(11-25-16-5-3-14(23)4-6-16)27-29-21(30)33-12-19(31)28-26-10-13-8-15(24)9-17(22)20(13)32/h2-6,8-10,25,32H,1,7,11-12H2,(H,28,31)/b26-10+. The van der Waals surface area contributed by atoms with Gasteiger partial charge in [0.1, 0.15) is 5.75 Å². The number of nitrogens with one attached hydrogen (secondary N) is 2. The molecule has 33 heavy (non-hydrogen) atoms. The summed E-state index contributed by atoms with van der Waals surface area (Å²) in [5.41, 5.74) is 3.68. The van der Waals surface area contributed by atoms with Crippen LogP contribution in [0.4, 0.5) is 5.69 Å². The van der Waals surface area contributed by atoms with E-state index in [1.54, 1.807) is 24.3 Å². The lowest BCUT2D eigenvalue weighted by molar-refractivity contribution is -0.118. The molecule has 8 nitrogen and oxygen atoms in total. The van der Waals surface area contributed by atoms with Crippen LogP contribution in [0.1, 0.15) is 11.4 Å². The van der Waals surface area contributed by atoms with Crippen LogP contribution in [-0.4, -0.2) is 37.7 Å². The minimum Gasteiger partial charge on any atom is -0.506 e. The fraction of sp³-hybridized carbons (Fsp3) is 0.143. The molecule has 0 unspecified atom stereocenters. The highest BCUT2D eigenvalue weighted by atomic mass is 79.9. The number of benzene rings is 2. The number of halogens is 3. The second-order valence-corrected chi connectivity index (χ2v) is 9.24. The predicted octanol–water partition coefficient (Wildman–Crippen LogP) is 5.09. The van der Waals surface area contributed by atoms with Crippen LogP contribution in [0.15, 0.2) is 63.8 Å². The number of aromatic hydroxyl groups is 1. The number of hydrogen-bond acceptors (Lipinski definition) is 7. The van der Waals surface area contributed by atoms with Gasteiger partial charge in [0.2, 0.25) is 0 Å². The molecular weight excluding hydrogens is 551 g/mol. The van der Waals surface area contributed by atoms with Gasteiger partial charge in [0.15, 0.2) is 11.0 Å². The van der Waals surface area contributed by atoms with Gasteiger partial charge in [-0.3, -0.25) is 4.79 Å². The largest absolute Gasteiger partial charge is 0.506 e. The van der Waals surface area contributed by atoms with E-state index in [2.05, 4.69) is 48.6 Å². The first-order chi connectivity index (χ1) is 15.9. The molecule has 0 saturated carbocycles. The molecule has 0 aliphatic rings. The lowest BCUT2D eigenvalue weighted by atomic mass is 10.2. The summed E-state index contributed by atoms with van der Waals surface area (Å²) in [5.74, 6) is 0.408. The molecule has 3 N–H and O–H groups in total. The molecular formula is C21H19BrCl2N6O2S. The minimum absolute atomic E-state index is 0.0240. The van der Waals surface area contributed by atoms with E-state index < -0.39 is 0 Å². The van der Waals surface area contributed by atoms with Gasteiger partial charge in [-0.1, -0.05) is 41.0 Å². The van der Waals surface area contributed by atoms with E-state index in [0.29, 0.717) is 44.2 Å². The number of hydrazone groups is 1. The Hall–Kier alpha value is -2.53. The first-order valence-corrected chi connectivity index (χ1v) is 12.1. The van der Waals surface area contributed by atoms with Gasteiger partial charge in [-0.05, 0) is 52.3 Å². The molecule has 2 aromatic carbocycles. The van der Waals surface area contributed by atoms with Crippen molar-refractivity contribution in [3.8, 4) is 5.75 Å². The van der Waals surface area contributed by atoms with Crippen LogP contribution in [0.2, 0.25) is 10.0 Å². The van der Waals surface area contributed by atoms with Crippen LogP contribution in [0.5, 0.6) is 5.75 Å². The fourth-order valence-electron chi connectivity index (χ4n) is 2.64. The maximum atomic E-state index is 12.2. The normalized spacial score (nSPS) is 11.0. The lowest BCUT2D eigenvalue weighted by Gasteiger charge is -2.09. The Morgan fingerprint density at radius 2 is 2.00 bits per heavy atom. The quantitative estimate of drug-likeness (QED) is 0.136. The monoisotopic (exact) mass is 568 g/mol. The Bertz CT molecular complexity index is 1170. The molecule has 0 fully saturated rings. The van der Waals surface area contributed by atoms with E-state index >= 15 is 0 Å². The van der Waals surface area contributed by atoms with Crippen molar-refractivity contribution in [2.45, 2.75) is 18.2 Å². The maximum Gasteiger partial charge on any atom is 0.250 e. The first-order valence-electron chi connectivity index (χ1n) is 9.52. The Balaban J connectivity index is 1.57. The predicted molar refractivity (Wildman–Crippen MR) is 136 cm³/mol. The van der Waals surface area contributed by atoms with Crippen molar-refractivity contribution < 1.29 is 9.90 Å². The van der Waals surface area contributed by atoms with Crippen LogP contribution < -0.4 is 10.7 Å². The fourth-order valence-corrected chi connectivity index (χ4v) is 4.36. The Morgan fingerprint density at radius 1 is 1.24 bits per heavy atom. The molecule has 172 valence electrons. The molecule has 12 heteroatoms. The number of allylic oxidation sites excluding steroid dienone is 1. The summed E-state index contributed by atoms with van der Waals surface area (Å²) in [6.45, 7) is 4.72. The Kier molecular flexibility index (Phi) is 9.19. The zero-order valence-corrected chi connectivity index (χ0v) is 21.0. The number of aromatic nitrogens is 3. The van der Waals surface area contributed by atoms with Crippen LogP contribution >= 0.6 is 50.9 Å². The number of hydrogen-bond donors (Lipinski definition) is 3. The van der Waals surface area contributed by atoms with Gasteiger partial charge < -0.3 is 15.0 Å². The average molecular weight is 570 g/mol. The van der Waals surface area contributed by atoms with Crippen molar-refractivity contribution in [2.24, 2.45) is 5.10 Å². The van der Waals surface area contributed by atoms with Crippen LogP contribution in [0.25, 0.3) is 0 Å². The second-order valence-electron chi connectivity index (χ2n) is 6.57.